The molecule has 154 valence electrons. The van der Waals surface area contributed by atoms with Gasteiger partial charge in [0.25, 0.3) is 0 Å². The van der Waals surface area contributed by atoms with Crippen molar-refractivity contribution in [2.45, 2.75) is 0 Å². The Kier molecular flexibility index (Phi) is 6.02. The SMILES string of the molecule is O=C(O)c1ccc(-n2cc(/C=N/Nc3ccc(Cl)cc3Cl)c(-c3ccccc3)n2)cc1. The van der Waals surface area contributed by atoms with E-state index in [0.29, 0.717) is 15.7 Å². The van der Waals surface area contributed by atoms with E-state index in [9.17, 15) is 4.79 Å². The molecule has 4 aromatic rings. The number of aromatic nitrogens is 2. The Bertz CT molecular complexity index is 1250. The number of benzene rings is 3. The number of halogens is 2. The lowest BCUT2D eigenvalue weighted by Crippen LogP contribution is -1.98. The summed E-state index contributed by atoms with van der Waals surface area (Å²) in [4.78, 5) is 11.1. The molecule has 0 fully saturated rings. The first-order chi connectivity index (χ1) is 15.0. The van der Waals surface area contributed by atoms with Gasteiger partial charge in [0.1, 0.15) is 5.69 Å². The van der Waals surface area contributed by atoms with Crippen LogP contribution in [0.1, 0.15) is 15.9 Å². The molecule has 3 aromatic carbocycles. The average molecular weight is 451 g/mol. The molecule has 0 aliphatic carbocycles. The van der Waals surface area contributed by atoms with Crippen LogP contribution in [-0.4, -0.2) is 27.1 Å². The third-order valence-corrected chi connectivity index (χ3v) is 5.04. The van der Waals surface area contributed by atoms with Crippen molar-refractivity contribution in [3.8, 4) is 16.9 Å². The van der Waals surface area contributed by atoms with Gasteiger partial charge >= 0.3 is 5.97 Å². The van der Waals surface area contributed by atoms with Crippen molar-refractivity contribution in [3.05, 3.63) is 100 Å². The van der Waals surface area contributed by atoms with Crippen LogP contribution in [-0.2, 0) is 0 Å². The fraction of sp³-hybridized carbons (Fsp3) is 0. The van der Waals surface area contributed by atoms with Gasteiger partial charge in [-0.1, -0.05) is 53.5 Å². The summed E-state index contributed by atoms with van der Waals surface area (Å²) in [6.07, 6.45) is 3.48. The minimum Gasteiger partial charge on any atom is -0.478 e. The van der Waals surface area contributed by atoms with E-state index in [0.717, 1.165) is 22.5 Å². The minimum atomic E-state index is -0.975. The van der Waals surface area contributed by atoms with E-state index >= 15 is 0 Å². The van der Waals surface area contributed by atoms with Crippen molar-refractivity contribution >= 4 is 41.1 Å². The van der Waals surface area contributed by atoms with Gasteiger partial charge in [0.05, 0.1) is 28.2 Å². The lowest BCUT2D eigenvalue weighted by atomic mass is 10.1. The second-order valence-corrected chi connectivity index (χ2v) is 7.43. The first kappa shape index (κ1) is 20.7. The number of hydrogen-bond acceptors (Lipinski definition) is 4. The predicted molar refractivity (Wildman–Crippen MR) is 124 cm³/mol. The monoisotopic (exact) mass is 450 g/mol. The summed E-state index contributed by atoms with van der Waals surface area (Å²) in [6.45, 7) is 0. The van der Waals surface area contributed by atoms with Crippen LogP contribution in [0.2, 0.25) is 10.0 Å². The molecule has 0 aliphatic heterocycles. The van der Waals surface area contributed by atoms with Crippen LogP contribution in [0.25, 0.3) is 16.9 Å². The normalized spacial score (nSPS) is 11.0. The Morgan fingerprint density at radius 2 is 1.77 bits per heavy atom. The highest BCUT2D eigenvalue weighted by Crippen LogP contribution is 2.26. The highest BCUT2D eigenvalue weighted by atomic mass is 35.5. The van der Waals surface area contributed by atoms with Crippen LogP contribution in [0.3, 0.4) is 0 Å². The zero-order chi connectivity index (χ0) is 21.8. The van der Waals surface area contributed by atoms with Gasteiger partial charge in [0.2, 0.25) is 0 Å². The largest absolute Gasteiger partial charge is 0.478 e. The predicted octanol–water partition coefficient (Wildman–Crippen LogP) is 5.99. The van der Waals surface area contributed by atoms with E-state index < -0.39 is 5.97 Å². The van der Waals surface area contributed by atoms with Gasteiger partial charge < -0.3 is 5.11 Å². The maximum atomic E-state index is 11.1. The molecule has 6 nitrogen and oxygen atoms in total. The Hall–Kier alpha value is -3.61. The van der Waals surface area contributed by atoms with Crippen molar-refractivity contribution in [2.24, 2.45) is 5.10 Å². The van der Waals surface area contributed by atoms with Crippen molar-refractivity contribution in [1.29, 1.82) is 0 Å². The van der Waals surface area contributed by atoms with Crippen LogP contribution in [0.5, 0.6) is 0 Å². The third-order valence-electron chi connectivity index (χ3n) is 4.49. The van der Waals surface area contributed by atoms with Gasteiger partial charge in [-0.25, -0.2) is 9.48 Å². The maximum Gasteiger partial charge on any atom is 0.335 e. The number of nitrogens with zero attached hydrogens (tertiary/aromatic N) is 3. The Morgan fingerprint density at radius 1 is 1.03 bits per heavy atom. The zero-order valence-corrected chi connectivity index (χ0v) is 17.5. The average Bonchev–Trinajstić information content (AvgIpc) is 3.20. The first-order valence-electron chi connectivity index (χ1n) is 9.24. The molecule has 0 spiro atoms. The van der Waals surface area contributed by atoms with E-state index in [4.69, 9.17) is 28.3 Å². The standard InChI is InChI=1S/C23H16Cl2N4O2/c24-18-8-11-21(20(25)12-18)27-26-13-17-14-29(19-9-6-16(7-10-19)23(30)31)28-22(17)15-4-2-1-3-5-15/h1-14,27H,(H,30,31)/b26-13+. The summed E-state index contributed by atoms with van der Waals surface area (Å²) in [5, 5.41) is 19.1. The molecule has 0 amide bonds. The smallest absolute Gasteiger partial charge is 0.335 e. The molecular formula is C23H16Cl2N4O2. The second-order valence-electron chi connectivity index (χ2n) is 6.59. The highest BCUT2D eigenvalue weighted by Gasteiger charge is 2.12. The van der Waals surface area contributed by atoms with Crippen molar-refractivity contribution < 1.29 is 9.90 Å². The molecule has 1 aromatic heterocycles. The number of anilines is 1. The number of hydrogen-bond donors (Lipinski definition) is 2. The number of nitrogens with one attached hydrogen (secondary N) is 1. The van der Waals surface area contributed by atoms with Crippen LogP contribution < -0.4 is 5.43 Å². The van der Waals surface area contributed by atoms with Gasteiger partial charge in [0.15, 0.2) is 0 Å². The van der Waals surface area contributed by atoms with Gasteiger partial charge in [-0.2, -0.15) is 10.2 Å². The van der Waals surface area contributed by atoms with E-state index in [2.05, 4.69) is 15.6 Å². The third kappa shape index (κ3) is 4.77. The van der Waals surface area contributed by atoms with Crippen LogP contribution in [0.4, 0.5) is 5.69 Å². The zero-order valence-electron chi connectivity index (χ0n) is 16.0. The van der Waals surface area contributed by atoms with Gasteiger partial charge in [-0.15, -0.1) is 0 Å². The molecule has 0 radical (unpaired) electrons. The molecule has 2 N–H and O–H groups in total. The van der Waals surface area contributed by atoms with Crippen LogP contribution >= 0.6 is 23.2 Å². The summed E-state index contributed by atoms with van der Waals surface area (Å²) >= 11 is 12.1. The van der Waals surface area contributed by atoms with Crippen molar-refractivity contribution in [1.82, 2.24) is 9.78 Å². The quantitative estimate of drug-likeness (QED) is 0.279. The molecule has 4 rings (SSSR count). The Balaban J connectivity index is 1.67. The van der Waals surface area contributed by atoms with Crippen LogP contribution in [0, 0.1) is 0 Å². The van der Waals surface area contributed by atoms with E-state index in [1.165, 1.54) is 0 Å². The fourth-order valence-corrected chi connectivity index (χ4v) is 3.39. The summed E-state index contributed by atoms with van der Waals surface area (Å²) in [5.74, 6) is -0.975. The molecule has 8 heteroatoms. The van der Waals surface area contributed by atoms with Crippen LogP contribution in [0.15, 0.2) is 84.1 Å². The summed E-state index contributed by atoms with van der Waals surface area (Å²) in [6, 6.07) is 21.3. The highest BCUT2D eigenvalue weighted by molar-refractivity contribution is 6.36. The number of carboxylic acid groups (broad SMARTS) is 1. The molecule has 0 unspecified atom stereocenters. The maximum absolute atomic E-state index is 11.1. The summed E-state index contributed by atoms with van der Waals surface area (Å²) in [5.41, 5.74) is 6.91. The Morgan fingerprint density at radius 3 is 2.45 bits per heavy atom. The number of hydrazone groups is 1. The number of carboxylic acids is 1. The molecular weight excluding hydrogens is 435 g/mol. The van der Waals surface area contributed by atoms with Gasteiger partial charge in [0, 0.05) is 22.3 Å². The summed E-state index contributed by atoms with van der Waals surface area (Å²) in [7, 11) is 0. The Labute approximate surface area is 188 Å². The second kappa shape index (κ2) is 9.04. The molecule has 0 saturated carbocycles. The minimum absolute atomic E-state index is 0.213. The first-order valence-corrected chi connectivity index (χ1v) is 10.00. The lowest BCUT2D eigenvalue weighted by Gasteiger charge is -2.03. The topological polar surface area (TPSA) is 79.5 Å². The fourth-order valence-electron chi connectivity index (χ4n) is 2.94. The van der Waals surface area contributed by atoms with E-state index in [-0.39, 0.29) is 5.56 Å². The molecule has 31 heavy (non-hydrogen) atoms. The number of rotatable bonds is 6. The van der Waals surface area contributed by atoms with E-state index in [1.807, 2.05) is 36.5 Å². The number of carbonyl (C=O) groups is 1. The molecule has 0 saturated heterocycles. The number of aromatic carboxylic acids is 1. The van der Waals surface area contributed by atoms with Crippen molar-refractivity contribution in [3.63, 3.8) is 0 Å². The van der Waals surface area contributed by atoms with Crippen molar-refractivity contribution in [2.75, 3.05) is 5.43 Å². The molecule has 0 bridgehead atoms. The van der Waals surface area contributed by atoms with Gasteiger partial charge in [-0.05, 0) is 42.5 Å². The lowest BCUT2D eigenvalue weighted by molar-refractivity contribution is 0.0697. The van der Waals surface area contributed by atoms with E-state index in [1.54, 1.807) is 53.4 Å². The molecule has 0 aliphatic rings. The molecule has 1 heterocycles. The van der Waals surface area contributed by atoms with Gasteiger partial charge in [-0.3, -0.25) is 5.43 Å². The molecule has 0 atom stereocenters. The summed E-state index contributed by atoms with van der Waals surface area (Å²) < 4.78 is 1.69.